The number of methoxy groups -OCH3 is 2. The van der Waals surface area contributed by atoms with Crippen LogP contribution < -0.4 is 10.1 Å². The van der Waals surface area contributed by atoms with Crippen molar-refractivity contribution in [1.82, 2.24) is 0 Å². The maximum atomic E-state index is 12.3. The van der Waals surface area contributed by atoms with E-state index in [4.69, 9.17) is 9.47 Å². The molecule has 0 saturated heterocycles. The molecular weight excluding hydrogens is 282 g/mol. The molecule has 22 heavy (non-hydrogen) atoms. The van der Waals surface area contributed by atoms with Gasteiger partial charge in [0.15, 0.2) is 11.7 Å². The number of ether oxygens (including phenoxy) is 2. The van der Waals surface area contributed by atoms with Gasteiger partial charge < -0.3 is 19.9 Å². The molecule has 1 aliphatic heterocycles. The van der Waals surface area contributed by atoms with Crippen molar-refractivity contribution in [2.75, 3.05) is 19.5 Å². The van der Waals surface area contributed by atoms with Crippen LogP contribution in [0.1, 0.15) is 11.1 Å². The van der Waals surface area contributed by atoms with Crippen molar-refractivity contribution in [2.24, 2.45) is 0 Å². The van der Waals surface area contributed by atoms with Crippen LogP contribution in [0.4, 0.5) is 5.69 Å². The Hall–Kier alpha value is -2.37. The topological polar surface area (TPSA) is 67.8 Å². The second-order valence-corrected chi connectivity index (χ2v) is 5.12. The minimum absolute atomic E-state index is 0.394. The van der Waals surface area contributed by atoms with Gasteiger partial charge in [0.05, 0.1) is 18.4 Å². The maximum Gasteiger partial charge on any atom is 0.257 e. The summed E-state index contributed by atoms with van der Waals surface area (Å²) in [4.78, 5) is 12.3. The summed E-state index contributed by atoms with van der Waals surface area (Å²) in [5.74, 6) is 0.0977. The first-order valence-corrected chi connectivity index (χ1v) is 6.92. The van der Waals surface area contributed by atoms with Crippen molar-refractivity contribution >= 4 is 11.6 Å². The number of amides is 1. The third-order valence-electron chi connectivity index (χ3n) is 3.95. The number of hydrogen-bond acceptors (Lipinski definition) is 4. The largest absolute Gasteiger partial charge is 0.496 e. The van der Waals surface area contributed by atoms with Gasteiger partial charge >= 0.3 is 0 Å². The van der Waals surface area contributed by atoms with Crippen LogP contribution in [0.15, 0.2) is 48.5 Å². The van der Waals surface area contributed by atoms with Crippen LogP contribution in [0.25, 0.3) is 0 Å². The van der Waals surface area contributed by atoms with Crippen molar-refractivity contribution in [1.29, 1.82) is 0 Å². The molecule has 1 amide bonds. The Bertz CT molecular complexity index is 701. The van der Waals surface area contributed by atoms with E-state index in [2.05, 4.69) is 5.32 Å². The molecule has 2 aromatic carbocycles. The van der Waals surface area contributed by atoms with Crippen molar-refractivity contribution < 1.29 is 19.4 Å². The Kier molecular flexibility index (Phi) is 3.60. The number of carbonyl (C=O) groups is 1. The van der Waals surface area contributed by atoms with E-state index in [1.807, 2.05) is 18.2 Å². The van der Waals surface area contributed by atoms with Gasteiger partial charge in [0.1, 0.15) is 5.75 Å². The number of fused-ring (bicyclic) bond motifs is 1. The van der Waals surface area contributed by atoms with Crippen LogP contribution in [0.3, 0.4) is 0 Å². The SMILES string of the molecule is COc1cccc2c1[C@@](O)(c1ccccc1)[C@H](OC)C(=O)N2. The molecule has 0 spiro atoms. The molecule has 0 aliphatic carbocycles. The van der Waals surface area contributed by atoms with E-state index in [1.165, 1.54) is 14.2 Å². The van der Waals surface area contributed by atoms with Gasteiger partial charge in [-0.2, -0.15) is 0 Å². The standard InChI is InChI=1S/C17H17NO4/c1-21-13-10-6-9-12-14(13)17(20,11-7-4-3-5-8-11)15(22-2)16(19)18-12/h3-10,15,20H,1-2H3,(H,18,19)/t15-,17+/m1/s1. The van der Waals surface area contributed by atoms with Gasteiger partial charge in [-0.1, -0.05) is 36.4 Å². The van der Waals surface area contributed by atoms with E-state index >= 15 is 0 Å². The molecule has 5 heteroatoms. The summed E-state index contributed by atoms with van der Waals surface area (Å²) in [5.41, 5.74) is -0.0399. The molecule has 0 unspecified atom stereocenters. The van der Waals surface area contributed by atoms with Crippen molar-refractivity contribution in [3.8, 4) is 5.75 Å². The number of carbonyl (C=O) groups excluding carboxylic acids is 1. The normalized spacial score (nSPS) is 23.6. The van der Waals surface area contributed by atoms with Gasteiger partial charge in [0.25, 0.3) is 5.91 Å². The van der Waals surface area contributed by atoms with E-state index < -0.39 is 17.6 Å². The van der Waals surface area contributed by atoms with Crippen LogP contribution in [0.2, 0.25) is 0 Å². The summed E-state index contributed by atoms with van der Waals surface area (Å²) in [6, 6.07) is 14.2. The van der Waals surface area contributed by atoms with Crippen LogP contribution in [-0.4, -0.2) is 31.3 Å². The molecule has 0 saturated carbocycles. The molecule has 1 heterocycles. The Morgan fingerprint density at radius 2 is 1.82 bits per heavy atom. The number of nitrogens with one attached hydrogen (secondary N) is 1. The fourth-order valence-corrected chi connectivity index (χ4v) is 2.98. The highest BCUT2D eigenvalue weighted by molar-refractivity contribution is 6.00. The fourth-order valence-electron chi connectivity index (χ4n) is 2.98. The number of aliphatic hydroxyl groups is 1. The second kappa shape index (κ2) is 5.44. The first kappa shape index (κ1) is 14.6. The van der Waals surface area contributed by atoms with E-state index in [-0.39, 0.29) is 0 Å². The number of anilines is 1. The Labute approximate surface area is 128 Å². The summed E-state index contributed by atoms with van der Waals surface area (Å²) in [5, 5.41) is 14.2. The van der Waals surface area contributed by atoms with Crippen molar-refractivity contribution in [2.45, 2.75) is 11.7 Å². The predicted octanol–water partition coefficient (Wildman–Crippen LogP) is 1.90. The first-order chi connectivity index (χ1) is 10.6. The minimum Gasteiger partial charge on any atom is -0.496 e. The van der Waals surface area contributed by atoms with Crippen LogP contribution in [-0.2, 0) is 15.1 Å². The monoisotopic (exact) mass is 299 g/mol. The molecule has 114 valence electrons. The fraction of sp³-hybridized carbons (Fsp3) is 0.235. The van der Waals surface area contributed by atoms with Crippen molar-refractivity contribution in [3.05, 3.63) is 59.7 Å². The quantitative estimate of drug-likeness (QED) is 0.908. The molecule has 1 aliphatic rings. The molecule has 3 rings (SSSR count). The molecule has 0 radical (unpaired) electrons. The van der Waals surface area contributed by atoms with Gasteiger partial charge in [0, 0.05) is 7.11 Å². The average Bonchev–Trinajstić information content (AvgIpc) is 2.55. The Balaban J connectivity index is 2.33. The summed E-state index contributed by atoms with van der Waals surface area (Å²) in [7, 11) is 2.93. The summed E-state index contributed by atoms with van der Waals surface area (Å²) in [6.07, 6.45) is -1.07. The van der Waals surface area contributed by atoms with E-state index in [0.717, 1.165) is 0 Å². The lowest BCUT2D eigenvalue weighted by molar-refractivity contribution is -0.142. The lowest BCUT2D eigenvalue weighted by Gasteiger charge is -2.40. The number of hydrogen-bond donors (Lipinski definition) is 2. The van der Waals surface area contributed by atoms with Crippen LogP contribution in [0.5, 0.6) is 5.75 Å². The van der Waals surface area contributed by atoms with Crippen LogP contribution >= 0.6 is 0 Å². The van der Waals surface area contributed by atoms with E-state index in [1.54, 1.807) is 30.3 Å². The van der Waals surface area contributed by atoms with Gasteiger partial charge in [-0.15, -0.1) is 0 Å². The summed E-state index contributed by atoms with van der Waals surface area (Å²) < 4.78 is 10.7. The lowest BCUT2D eigenvalue weighted by atomic mass is 9.77. The molecule has 0 fully saturated rings. The molecule has 2 atom stereocenters. The van der Waals surface area contributed by atoms with Gasteiger partial charge in [0.2, 0.25) is 0 Å². The second-order valence-electron chi connectivity index (χ2n) is 5.12. The number of rotatable bonds is 3. The minimum atomic E-state index is -1.62. The average molecular weight is 299 g/mol. The highest BCUT2D eigenvalue weighted by Gasteiger charge is 2.51. The highest BCUT2D eigenvalue weighted by Crippen LogP contribution is 2.46. The zero-order valence-electron chi connectivity index (χ0n) is 12.4. The molecule has 2 N–H and O–H groups in total. The summed E-state index contributed by atoms with van der Waals surface area (Å²) >= 11 is 0. The summed E-state index contributed by atoms with van der Waals surface area (Å²) in [6.45, 7) is 0. The number of benzene rings is 2. The maximum absolute atomic E-state index is 12.3. The third kappa shape index (κ3) is 1.98. The predicted molar refractivity (Wildman–Crippen MR) is 81.9 cm³/mol. The molecule has 0 aromatic heterocycles. The van der Waals surface area contributed by atoms with Crippen LogP contribution in [0, 0.1) is 0 Å². The van der Waals surface area contributed by atoms with E-state index in [9.17, 15) is 9.90 Å². The zero-order chi connectivity index (χ0) is 15.7. The molecule has 0 bridgehead atoms. The third-order valence-corrected chi connectivity index (χ3v) is 3.95. The molecular formula is C17H17NO4. The molecule has 5 nitrogen and oxygen atoms in total. The Morgan fingerprint density at radius 3 is 2.45 bits per heavy atom. The van der Waals surface area contributed by atoms with Gasteiger partial charge in [-0.05, 0) is 17.7 Å². The smallest absolute Gasteiger partial charge is 0.257 e. The van der Waals surface area contributed by atoms with Crippen molar-refractivity contribution in [3.63, 3.8) is 0 Å². The highest BCUT2D eigenvalue weighted by atomic mass is 16.5. The Morgan fingerprint density at radius 1 is 1.09 bits per heavy atom. The zero-order valence-corrected chi connectivity index (χ0v) is 12.4. The van der Waals surface area contributed by atoms with E-state index in [0.29, 0.717) is 22.6 Å². The molecule has 2 aromatic rings. The van der Waals surface area contributed by atoms with Gasteiger partial charge in [-0.3, -0.25) is 4.79 Å². The first-order valence-electron chi connectivity index (χ1n) is 6.92. The lowest BCUT2D eigenvalue weighted by Crippen LogP contribution is -2.52. The van der Waals surface area contributed by atoms with Gasteiger partial charge in [-0.25, -0.2) is 0 Å².